The number of hydrogen-bond acceptors (Lipinski definition) is 4. The molecule has 1 rings (SSSR count). The molecule has 1 aromatic heterocycles. The lowest BCUT2D eigenvalue weighted by Crippen LogP contribution is -2.34. The number of aryl methyl sites for hydroxylation is 1. The van der Waals surface area contributed by atoms with Gasteiger partial charge in [0.05, 0.1) is 0 Å². The molecule has 1 unspecified atom stereocenters. The van der Waals surface area contributed by atoms with Gasteiger partial charge in [-0.15, -0.1) is 0 Å². The quantitative estimate of drug-likeness (QED) is 0.656. The molecule has 0 aliphatic carbocycles. The van der Waals surface area contributed by atoms with Crippen LogP contribution in [-0.2, 0) is 18.2 Å². The summed E-state index contributed by atoms with van der Waals surface area (Å²) in [5.74, 6) is 0.877. The van der Waals surface area contributed by atoms with E-state index in [0.29, 0.717) is 19.4 Å². The van der Waals surface area contributed by atoms with Crippen molar-refractivity contribution >= 4 is 0 Å². The van der Waals surface area contributed by atoms with Crippen molar-refractivity contribution in [2.24, 2.45) is 7.05 Å². The van der Waals surface area contributed by atoms with Gasteiger partial charge in [-0.25, -0.2) is 13.8 Å². The summed E-state index contributed by atoms with van der Waals surface area (Å²) >= 11 is 0. The Morgan fingerprint density at radius 1 is 1.47 bits per heavy atom. The highest BCUT2D eigenvalue weighted by molar-refractivity contribution is 4.89. The van der Waals surface area contributed by atoms with Gasteiger partial charge in [0.2, 0.25) is 0 Å². The SMILES string of the molecule is CCCNC(CCOCC(F)F)Cc1ncnn1C. The minimum Gasteiger partial charge on any atom is -0.375 e. The fourth-order valence-corrected chi connectivity index (χ4v) is 1.75. The van der Waals surface area contributed by atoms with Crippen molar-refractivity contribution in [1.29, 1.82) is 0 Å². The van der Waals surface area contributed by atoms with Crippen LogP contribution in [0, 0.1) is 0 Å². The first-order chi connectivity index (χ1) is 9.13. The average molecular weight is 276 g/mol. The van der Waals surface area contributed by atoms with Gasteiger partial charge in [0.25, 0.3) is 6.43 Å². The first-order valence-electron chi connectivity index (χ1n) is 6.55. The van der Waals surface area contributed by atoms with E-state index in [9.17, 15) is 8.78 Å². The highest BCUT2D eigenvalue weighted by atomic mass is 19.3. The Labute approximate surface area is 112 Å². The molecule has 19 heavy (non-hydrogen) atoms. The van der Waals surface area contributed by atoms with Crippen molar-refractivity contribution in [1.82, 2.24) is 20.1 Å². The lowest BCUT2D eigenvalue weighted by molar-refractivity contribution is 0.0143. The number of halogens is 2. The van der Waals surface area contributed by atoms with E-state index in [-0.39, 0.29) is 6.04 Å². The van der Waals surface area contributed by atoms with Gasteiger partial charge in [0, 0.05) is 26.1 Å². The number of ether oxygens (including phenoxy) is 1. The number of rotatable bonds is 10. The summed E-state index contributed by atoms with van der Waals surface area (Å²) in [4.78, 5) is 4.17. The lowest BCUT2D eigenvalue weighted by atomic mass is 10.1. The van der Waals surface area contributed by atoms with Crippen LogP contribution < -0.4 is 5.32 Å². The van der Waals surface area contributed by atoms with Gasteiger partial charge >= 0.3 is 0 Å². The zero-order valence-electron chi connectivity index (χ0n) is 11.5. The summed E-state index contributed by atoms with van der Waals surface area (Å²) in [6.07, 6.45) is 1.53. The molecule has 0 bridgehead atoms. The van der Waals surface area contributed by atoms with E-state index in [4.69, 9.17) is 4.74 Å². The van der Waals surface area contributed by atoms with Gasteiger partial charge < -0.3 is 10.1 Å². The van der Waals surface area contributed by atoms with Gasteiger partial charge in [0.1, 0.15) is 18.8 Å². The molecule has 0 aliphatic rings. The minimum absolute atomic E-state index is 0.167. The Hall–Kier alpha value is -1.08. The summed E-state index contributed by atoms with van der Waals surface area (Å²) in [6.45, 7) is 2.80. The third kappa shape index (κ3) is 6.58. The van der Waals surface area contributed by atoms with Gasteiger partial charge in [-0.3, -0.25) is 4.68 Å². The molecule has 1 heterocycles. The van der Waals surface area contributed by atoms with Crippen LogP contribution in [0.25, 0.3) is 0 Å². The highest BCUT2D eigenvalue weighted by Crippen LogP contribution is 2.04. The van der Waals surface area contributed by atoms with E-state index < -0.39 is 13.0 Å². The summed E-state index contributed by atoms with van der Waals surface area (Å²) in [5.41, 5.74) is 0. The first kappa shape index (κ1) is 16.0. The van der Waals surface area contributed by atoms with Gasteiger partial charge in [-0.2, -0.15) is 5.10 Å². The first-order valence-corrected chi connectivity index (χ1v) is 6.55. The summed E-state index contributed by atoms with van der Waals surface area (Å²) in [5, 5.41) is 7.39. The largest absolute Gasteiger partial charge is 0.375 e. The maximum atomic E-state index is 12.0. The number of aromatic nitrogens is 3. The van der Waals surface area contributed by atoms with E-state index in [1.165, 1.54) is 6.33 Å². The smallest absolute Gasteiger partial charge is 0.261 e. The highest BCUT2D eigenvalue weighted by Gasteiger charge is 2.12. The molecule has 0 fully saturated rings. The lowest BCUT2D eigenvalue weighted by Gasteiger charge is -2.18. The molecule has 0 aromatic carbocycles. The molecule has 0 saturated carbocycles. The number of alkyl halides is 2. The third-order valence-electron chi connectivity index (χ3n) is 2.77. The molecule has 0 spiro atoms. The number of nitrogens with one attached hydrogen (secondary N) is 1. The second-order valence-corrected chi connectivity index (χ2v) is 4.41. The molecule has 7 heteroatoms. The van der Waals surface area contributed by atoms with Crippen molar-refractivity contribution in [3.8, 4) is 0 Å². The van der Waals surface area contributed by atoms with Crippen LogP contribution in [0.3, 0.4) is 0 Å². The van der Waals surface area contributed by atoms with Gasteiger partial charge in [0.15, 0.2) is 0 Å². The van der Waals surface area contributed by atoms with Crippen molar-refractivity contribution < 1.29 is 13.5 Å². The third-order valence-corrected chi connectivity index (χ3v) is 2.77. The van der Waals surface area contributed by atoms with Crippen molar-refractivity contribution in [3.63, 3.8) is 0 Å². The topological polar surface area (TPSA) is 52.0 Å². The van der Waals surface area contributed by atoms with E-state index in [1.54, 1.807) is 4.68 Å². The van der Waals surface area contributed by atoms with Crippen molar-refractivity contribution in [3.05, 3.63) is 12.2 Å². The average Bonchev–Trinajstić information content (AvgIpc) is 2.76. The molecular formula is C12H22F2N4O. The Bertz CT molecular complexity index is 346. The molecule has 1 aromatic rings. The van der Waals surface area contributed by atoms with Crippen molar-refractivity contribution in [2.75, 3.05) is 19.8 Å². The Balaban J connectivity index is 2.36. The zero-order valence-corrected chi connectivity index (χ0v) is 11.5. The predicted octanol–water partition coefficient (Wildman–Crippen LogP) is 1.40. The number of hydrogen-bond donors (Lipinski definition) is 1. The van der Waals surface area contributed by atoms with Crippen LogP contribution >= 0.6 is 0 Å². The molecule has 0 saturated heterocycles. The maximum Gasteiger partial charge on any atom is 0.261 e. The van der Waals surface area contributed by atoms with E-state index in [1.807, 2.05) is 7.05 Å². The van der Waals surface area contributed by atoms with Crippen LogP contribution in [-0.4, -0.2) is 47.0 Å². The monoisotopic (exact) mass is 276 g/mol. The molecule has 0 radical (unpaired) electrons. The normalized spacial score (nSPS) is 13.1. The Morgan fingerprint density at radius 3 is 2.84 bits per heavy atom. The molecule has 1 atom stereocenters. The fourth-order valence-electron chi connectivity index (χ4n) is 1.75. The van der Waals surface area contributed by atoms with E-state index >= 15 is 0 Å². The van der Waals surface area contributed by atoms with Crippen LogP contribution in [0.15, 0.2) is 6.33 Å². The predicted molar refractivity (Wildman–Crippen MR) is 68.2 cm³/mol. The Kier molecular flexibility index (Phi) is 7.50. The molecule has 5 nitrogen and oxygen atoms in total. The second kappa shape index (κ2) is 8.92. The molecule has 1 N–H and O–H groups in total. The van der Waals surface area contributed by atoms with Crippen molar-refractivity contribution in [2.45, 2.75) is 38.7 Å². The minimum atomic E-state index is -2.40. The van der Waals surface area contributed by atoms with Gasteiger partial charge in [-0.05, 0) is 19.4 Å². The second-order valence-electron chi connectivity index (χ2n) is 4.41. The zero-order chi connectivity index (χ0) is 14.1. The van der Waals surface area contributed by atoms with E-state index in [0.717, 1.165) is 18.8 Å². The summed E-state index contributed by atoms with van der Waals surface area (Å²) in [6, 6.07) is 0.167. The van der Waals surface area contributed by atoms with Crippen LogP contribution in [0.2, 0.25) is 0 Å². The molecule has 110 valence electrons. The van der Waals surface area contributed by atoms with Crippen LogP contribution in [0.5, 0.6) is 0 Å². The van der Waals surface area contributed by atoms with Crippen LogP contribution in [0.4, 0.5) is 8.78 Å². The Morgan fingerprint density at radius 2 is 2.26 bits per heavy atom. The molecule has 0 amide bonds. The van der Waals surface area contributed by atoms with Crippen LogP contribution in [0.1, 0.15) is 25.6 Å². The number of nitrogens with zero attached hydrogens (tertiary/aromatic N) is 3. The molecular weight excluding hydrogens is 254 g/mol. The fraction of sp³-hybridized carbons (Fsp3) is 0.833. The summed E-state index contributed by atoms with van der Waals surface area (Å²) in [7, 11) is 1.84. The van der Waals surface area contributed by atoms with E-state index in [2.05, 4.69) is 22.3 Å². The molecule has 0 aliphatic heterocycles. The summed E-state index contributed by atoms with van der Waals surface area (Å²) < 4.78 is 30.6. The van der Waals surface area contributed by atoms with Gasteiger partial charge in [-0.1, -0.05) is 6.92 Å². The standard InChI is InChI=1S/C12H22F2N4O/c1-3-5-15-10(4-6-19-8-11(13)14)7-12-16-9-17-18(12)2/h9-11,15H,3-8H2,1-2H3. The maximum absolute atomic E-state index is 12.0.